The molecule has 0 spiro atoms. The Hall–Kier alpha value is -1.37. The van der Waals surface area contributed by atoms with Crippen LogP contribution in [-0.4, -0.2) is 61.0 Å². The first-order valence-corrected chi connectivity index (χ1v) is 7.10. The molecule has 0 aliphatic carbocycles. The normalized spacial score (nSPS) is 14.4. The van der Waals surface area contributed by atoms with Crippen LogP contribution < -0.4 is 61.4 Å². The maximum absolute atomic E-state index is 12.5. The number of ether oxygens (including phenoxy) is 1. The molecule has 0 unspecified atom stereocenters. The van der Waals surface area contributed by atoms with Crippen LogP contribution >= 0.6 is 0 Å². The fraction of sp³-hybridized carbons (Fsp3) is 0.308. The van der Waals surface area contributed by atoms with Crippen LogP contribution in [0.3, 0.4) is 0 Å². The van der Waals surface area contributed by atoms with Gasteiger partial charge in [-0.15, -0.1) is 5.10 Å². The van der Waals surface area contributed by atoms with Crippen molar-refractivity contribution in [2.45, 2.75) is 0 Å². The fourth-order valence-corrected chi connectivity index (χ4v) is 2.40. The summed E-state index contributed by atoms with van der Waals surface area (Å²) in [6.45, 7) is 2.82. The maximum Gasteiger partial charge on any atom is 1.00 e. The third-order valence-corrected chi connectivity index (χ3v) is 3.57. The zero-order valence-electron chi connectivity index (χ0n) is 13.1. The van der Waals surface area contributed by atoms with Gasteiger partial charge in [-0.05, 0) is 0 Å². The molecule has 3 aromatic rings. The molecule has 0 amide bonds. The Balaban J connectivity index is 0.00000169. The number of hydrogen-bond acceptors (Lipinski definition) is 8. The van der Waals surface area contributed by atoms with E-state index < -0.39 is 0 Å². The third kappa shape index (κ3) is 3.36. The Morgan fingerprint density at radius 2 is 1.92 bits per heavy atom. The van der Waals surface area contributed by atoms with Crippen molar-refractivity contribution in [1.29, 1.82) is 0 Å². The first-order valence-electron chi connectivity index (χ1n) is 7.10. The number of anilines is 1. The van der Waals surface area contributed by atoms with Crippen molar-refractivity contribution in [2.24, 2.45) is 0 Å². The van der Waals surface area contributed by atoms with E-state index in [1.54, 1.807) is 12.3 Å². The zero-order valence-corrected chi connectivity index (χ0v) is 16.2. The van der Waals surface area contributed by atoms with Crippen LogP contribution in [0.25, 0.3) is 11.5 Å². The fourth-order valence-electron chi connectivity index (χ4n) is 2.40. The molecule has 1 aliphatic rings. The average molecular weight is 352 g/mol. The predicted molar refractivity (Wildman–Crippen MR) is 76.5 cm³/mol. The van der Waals surface area contributed by atoms with Crippen LogP contribution in [0.5, 0.6) is 5.88 Å². The smallest absolute Gasteiger partial charge is 0.857 e. The molecule has 0 saturated carbocycles. The minimum absolute atomic E-state index is 0. The molecule has 10 nitrogen and oxygen atoms in total. The summed E-state index contributed by atoms with van der Waals surface area (Å²) in [5.41, 5.74) is 0.314. The van der Waals surface area contributed by atoms with Crippen LogP contribution in [0.1, 0.15) is 0 Å². The van der Waals surface area contributed by atoms with Crippen molar-refractivity contribution >= 4 is 5.82 Å². The Morgan fingerprint density at radius 3 is 2.67 bits per heavy atom. The Labute approximate surface area is 179 Å². The molecular weight excluding hydrogens is 339 g/mol. The second-order valence-corrected chi connectivity index (χ2v) is 4.93. The van der Waals surface area contributed by atoms with Crippen molar-refractivity contribution in [3.63, 3.8) is 0 Å². The van der Waals surface area contributed by atoms with Crippen LogP contribution in [0.2, 0.25) is 0 Å². The van der Waals surface area contributed by atoms with E-state index in [9.17, 15) is 5.11 Å². The van der Waals surface area contributed by atoms with Crippen LogP contribution in [-0.2, 0) is 4.74 Å². The molecule has 0 N–H and O–H groups in total. The quantitative estimate of drug-likeness (QED) is 0.441. The van der Waals surface area contributed by atoms with E-state index in [1.165, 1.54) is 28.1 Å². The van der Waals surface area contributed by atoms with Gasteiger partial charge in [0, 0.05) is 25.0 Å². The van der Waals surface area contributed by atoms with Gasteiger partial charge in [-0.25, -0.2) is 19.3 Å². The SMILES string of the molecule is [K+].[O-]c1c(-n2ccnn2)cnn1-c1cc(N2CCOCC2)ncn1. The first-order chi connectivity index (χ1) is 11.3. The van der Waals surface area contributed by atoms with Gasteiger partial charge in [0.2, 0.25) is 0 Å². The van der Waals surface area contributed by atoms with Crippen molar-refractivity contribution in [3.8, 4) is 17.4 Å². The van der Waals surface area contributed by atoms with Crippen molar-refractivity contribution < 1.29 is 61.2 Å². The van der Waals surface area contributed by atoms with Gasteiger partial charge in [0.15, 0.2) is 5.82 Å². The van der Waals surface area contributed by atoms with E-state index in [1.807, 2.05) is 0 Å². The Morgan fingerprint density at radius 1 is 1.12 bits per heavy atom. The molecule has 0 aromatic carbocycles. The summed E-state index contributed by atoms with van der Waals surface area (Å²) in [7, 11) is 0. The molecule has 3 aromatic heterocycles. The third-order valence-electron chi connectivity index (χ3n) is 3.57. The predicted octanol–water partition coefficient (Wildman–Crippen LogP) is -3.84. The molecular formula is C13H13KN8O2. The molecule has 11 heteroatoms. The Bertz CT molecular complexity index is 800. The molecule has 0 radical (unpaired) electrons. The molecule has 24 heavy (non-hydrogen) atoms. The van der Waals surface area contributed by atoms with E-state index in [4.69, 9.17) is 4.74 Å². The summed E-state index contributed by atoms with van der Waals surface area (Å²) in [6.07, 6.45) is 5.95. The van der Waals surface area contributed by atoms with Crippen molar-refractivity contribution in [2.75, 3.05) is 31.2 Å². The minimum atomic E-state index is -0.317. The molecule has 4 heterocycles. The summed E-state index contributed by atoms with van der Waals surface area (Å²) in [6, 6.07) is 1.74. The molecule has 1 saturated heterocycles. The zero-order chi connectivity index (χ0) is 15.6. The van der Waals surface area contributed by atoms with Gasteiger partial charge in [-0.3, -0.25) is 0 Å². The summed E-state index contributed by atoms with van der Waals surface area (Å²) >= 11 is 0. The maximum atomic E-state index is 12.5. The number of rotatable bonds is 3. The van der Waals surface area contributed by atoms with Gasteiger partial charge in [-0.2, -0.15) is 5.10 Å². The van der Waals surface area contributed by atoms with E-state index in [0.29, 0.717) is 24.7 Å². The van der Waals surface area contributed by atoms with Crippen LogP contribution in [0, 0.1) is 0 Å². The van der Waals surface area contributed by atoms with E-state index in [-0.39, 0.29) is 57.3 Å². The van der Waals surface area contributed by atoms with E-state index >= 15 is 0 Å². The van der Waals surface area contributed by atoms with Crippen molar-refractivity contribution in [3.05, 3.63) is 31.0 Å². The molecule has 4 rings (SSSR count). The van der Waals surface area contributed by atoms with Gasteiger partial charge in [0.25, 0.3) is 0 Å². The second kappa shape index (κ2) is 7.67. The van der Waals surface area contributed by atoms with Gasteiger partial charge in [-0.1, -0.05) is 5.21 Å². The first kappa shape index (κ1) is 17.4. The summed E-state index contributed by atoms with van der Waals surface area (Å²) in [4.78, 5) is 10.5. The summed E-state index contributed by atoms with van der Waals surface area (Å²) < 4.78 is 7.93. The number of nitrogens with zero attached hydrogens (tertiary/aromatic N) is 8. The largest absolute Gasteiger partial charge is 1.00 e. The molecule has 0 atom stereocenters. The second-order valence-electron chi connectivity index (χ2n) is 4.93. The molecule has 1 aliphatic heterocycles. The standard InChI is InChI=1S/C13H14N8O2.K/c22-13-10(20-2-1-16-18-20)8-17-21(13)12-7-11(14-9-15-12)19-3-5-23-6-4-19;/h1-2,7-9,22H,3-6H2;/q;+1/p-1. The van der Waals surface area contributed by atoms with Gasteiger partial charge < -0.3 is 14.7 Å². The van der Waals surface area contributed by atoms with Gasteiger partial charge in [0.1, 0.15) is 12.1 Å². The average Bonchev–Trinajstić information content (AvgIpc) is 3.25. The van der Waals surface area contributed by atoms with Crippen LogP contribution in [0.15, 0.2) is 31.0 Å². The van der Waals surface area contributed by atoms with Gasteiger partial charge in [0.05, 0.1) is 37.5 Å². The molecule has 1 fully saturated rings. The van der Waals surface area contributed by atoms with E-state index in [0.717, 1.165) is 18.9 Å². The number of morpholine rings is 1. The van der Waals surface area contributed by atoms with Crippen LogP contribution in [0.4, 0.5) is 5.82 Å². The molecule has 118 valence electrons. The number of aromatic nitrogens is 7. The summed E-state index contributed by atoms with van der Waals surface area (Å²) in [5, 5.41) is 24.1. The minimum Gasteiger partial charge on any atom is -0.857 e. The molecule has 0 bridgehead atoms. The Kier molecular flexibility index (Phi) is 5.58. The number of hydrogen-bond donors (Lipinski definition) is 0. The van der Waals surface area contributed by atoms with Crippen molar-refractivity contribution in [1.82, 2.24) is 34.7 Å². The van der Waals surface area contributed by atoms with E-state index in [2.05, 4.69) is 30.3 Å². The summed E-state index contributed by atoms with van der Waals surface area (Å²) in [5.74, 6) is 0.843. The van der Waals surface area contributed by atoms with Gasteiger partial charge >= 0.3 is 51.4 Å². The monoisotopic (exact) mass is 352 g/mol. The topological polar surface area (TPSA) is 110 Å².